The second kappa shape index (κ2) is 7.37. The van der Waals surface area contributed by atoms with Crippen LogP contribution < -0.4 is 0 Å². The summed E-state index contributed by atoms with van der Waals surface area (Å²) >= 11 is 0. The van der Waals surface area contributed by atoms with E-state index in [4.69, 9.17) is 33.3 Å². The van der Waals surface area contributed by atoms with Crippen molar-refractivity contribution in [2.24, 2.45) is 5.16 Å². The first-order valence-electron chi connectivity index (χ1n) is 10.6. The maximum atomic E-state index is 6.43. The highest BCUT2D eigenvalue weighted by Gasteiger charge is 2.64. The van der Waals surface area contributed by atoms with E-state index in [2.05, 4.69) is 5.16 Å². The Morgan fingerprint density at radius 2 is 1.77 bits per heavy atom. The fourth-order valence-corrected chi connectivity index (χ4v) is 4.45. The van der Waals surface area contributed by atoms with Crippen molar-refractivity contribution in [3.05, 3.63) is 47.5 Å². The molecule has 5 rings (SSSR count). The van der Waals surface area contributed by atoms with E-state index in [0.717, 1.165) is 16.8 Å². The van der Waals surface area contributed by atoms with Gasteiger partial charge in [-0.2, -0.15) is 0 Å². The van der Waals surface area contributed by atoms with E-state index in [9.17, 15) is 0 Å². The van der Waals surface area contributed by atoms with Gasteiger partial charge in [-0.05, 0) is 46.3 Å². The molecular weight excluding hydrogens is 402 g/mol. The Labute approximate surface area is 182 Å². The number of nitrogens with zero attached hydrogens (tertiary/aromatic N) is 1. The fourth-order valence-electron chi connectivity index (χ4n) is 4.45. The normalized spacial score (nSPS) is 38.4. The van der Waals surface area contributed by atoms with Crippen LogP contribution in [0, 0.1) is 0 Å². The quantitative estimate of drug-likeness (QED) is 0.728. The summed E-state index contributed by atoms with van der Waals surface area (Å²) in [5.41, 5.74) is 2.59. The van der Waals surface area contributed by atoms with E-state index in [1.165, 1.54) is 0 Å². The van der Waals surface area contributed by atoms with Crippen molar-refractivity contribution in [3.8, 4) is 0 Å². The average molecular weight is 431 g/mol. The van der Waals surface area contributed by atoms with Gasteiger partial charge in [0.25, 0.3) is 0 Å². The summed E-state index contributed by atoms with van der Waals surface area (Å²) < 4.78 is 36.9. The fraction of sp³-hybridized carbons (Fsp3) is 0.609. The third-order valence-corrected chi connectivity index (χ3v) is 5.81. The lowest BCUT2D eigenvalue weighted by molar-refractivity contribution is -0.352. The van der Waals surface area contributed by atoms with Gasteiger partial charge in [0, 0.05) is 5.56 Å². The molecule has 31 heavy (non-hydrogen) atoms. The van der Waals surface area contributed by atoms with Crippen LogP contribution in [0.4, 0.5) is 0 Å². The van der Waals surface area contributed by atoms with Gasteiger partial charge in [-0.3, -0.25) is 0 Å². The molecule has 0 unspecified atom stereocenters. The van der Waals surface area contributed by atoms with Crippen molar-refractivity contribution in [2.75, 3.05) is 13.2 Å². The summed E-state index contributed by atoms with van der Waals surface area (Å²) in [5, 5.41) is 4.29. The molecule has 8 heteroatoms. The Morgan fingerprint density at radius 1 is 1.00 bits per heavy atom. The summed E-state index contributed by atoms with van der Waals surface area (Å²) in [6.45, 7) is 9.94. The van der Waals surface area contributed by atoms with Crippen molar-refractivity contribution in [2.45, 2.75) is 76.6 Å². The van der Waals surface area contributed by atoms with Gasteiger partial charge in [-0.25, -0.2) is 0 Å². The molecule has 0 bridgehead atoms. The molecule has 168 valence electrons. The summed E-state index contributed by atoms with van der Waals surface area (Å²) in [6, 6.07) is 9.86. The second-order valence-electron chi connectivity index (χ2n) is 9.28. The first-order chi connectivity index (χ1) is 14.7. The number of rotatable bonds is 3. The molecule has 1 aromatic carbocycles. The summed E-state index contributed by atoms with van der Waals surface area (Å²) in [4.78, 5) is 5.76. The maximum absolute atomic E-state index is 6.43. The Kier molecular flexibility index (Phi) is 5.00. The molecule has 1 aromatic rings. The van der Waals surface area contributed by atoms with Gasteiger partial charge in [0.05, 0.1) is 6.61 Å². The molecule has 1 spiro atoms. The first-order valence-corrected chi connectivity index (χ1v) is 10.6. The number of ether oxygens (including phenoxy) is 6. The van der Waals surface area contributed by atoms with Crippen LogP contribution in [0.3, 0.4) is 0 Å². The molecule has 0 saturated carbocycles. The summed E-state index contributed by atoms with van der Waals surface area (Å²) in [5.74, 6) is -2.68. The molecule has 0 amide bonds. The minimum atomic E-state index is -1.12. The van der Waals surface area contributed by atoms with Crippen LogP contribution in [0.1, 0.15) is 40.2 Å². The van der Waals surface area contributed by atoms with Crippen molar-refractivity contribution in [3.63, 3.8) is 0 Å². The minimum absolute atomic E-state index is 0.214. The predicted molar refractivity (Wildman–Crippen MR) is 110 cm³/mol. The Bertz CT molecular complexity index is 894. The molecule has 0 aliphatic carbocycles. The van der Waals surface area contributed by atoms with Crippen LogP contribution >= 0.6 is 0 Å². The van der Waals surface area contributed by atoms with E-state index < -0.39 is 35.9 Å². The molecule has 4 heterocycles. The molecule has 0 N–H and O–H groups in total. The van der Waals surface area contributed by atoms with E-state index >= 15 is 0 Å². The monoisotopic (exact) mass is 431 g/mol. The van der Waals surface area contributed by atoms with E-state index in [1.807, 2.05) is 71.0 Å². The second-order valence-corrected chi connectivity index (χ2v) is 9.28. The number of hydrogen-bond acceptors (Lipinski definition) is 8. The molecule has 0 radical (unpaired) electrons. The highest BCUT2D eigenvalue weighted by molar-refractivity contribution is 6.09. The third kappa shape index (κ3) is 3.92. The lowest BCUT2D eigenvalue weighted by atomic mass is 9.96. The highest BCUT2D eigenvalue weighted by atomic mass is 16.9. The molecule has 5 atom stereocenters. The van der Waals surface area contributed by atoms with Crippen LogP contribution in [-0.2, 0) is 33.3 Å². The molecule has 8 nitrogen and oxygen atoms in total. The zero-order valence-electron chi connectivity index (χ0n) is 18.5. The van der Waals surface area contributed by atoms with E-state index in [1.54, 1.807) is 0 Å². The zero-order chi connectivity index (χ0) is 21.9. The summed E-state index contributed by atoms with van der Waals surface area (Å²) in [6.07, 6.45) is -0.0808. The zero-order valence-corrected chi connectivity index (χ0v) is 18.5. The number of hydrogen-bond donors (Lipinski definition) is 0. The van der Waals surface area contributed by atoms with Gasteiger partial charge in [-0.15, -0.1) is 0 Å². The van der Waals surface area contributed by atoms with E-state index in [0.29, 0.717) is 6.61 Å². The standard InChI is InChI=1S/C23H29NO7/c1-14-11-16(15-9-7-6-8-10-15)24-30-20(14)27-19-18-17(28-22(4,5)29-18)12-25-23(19)13-26-21(2,3)31-23/h6-11,17-20H,12-13H2,1-5H3/t17-,18-,19+,20-,23+/m1/s1. The minimum Gasteiger partial charge on any atom is -0.358 e. The van der Waals surface area contributed by atoms with Crippen molar-refractivity contribution in [1.29, 1.82) is 0 Å². The highest BCUT2D eigenvalue weighted by Crippen LogP contribution is 2.46. The van der Waals surface area contributed by atoms with Crippen LogP contribution in [0.15, 0.2) is 47.1 Å². The van der Waals surface area contributed by atoms with Crippen LogP contribution in [0.5, 0.6) is 0 Å². The van der Waals surface area contributed by atoms with Gasteiger partial charge in [0.2, 0.25) is 12.1 Å². The topological polar surface area (TPSA) is 77.0 Å². The SMILES string of the molecule is CC1=CC(c2ccccc2)=NO[C@H]1O[C@H]1[C@@H]2OC(C)(C)O[C@@H]2CO[C@]12COC(C)(C)O2. The van der Waals surface area contributed by atoms with Crippen LogP contribution in [0.2, 0.25) is 0 Å². The lowest BCUT2D eigenvalue weighted by Crippen LogP contribution is -2.63. The van der Waals surface area contributed by atoms with Gasteiger partial charge in [0.1, 0.15) is 30.6 Å². The smallest absolute Gasteiger partial charge is 0.249 e. The molecule has 3 saturated heterocycles. The van der Waals surface area contributed by atoms with Crippen LogP contribution in [0.25, 0.3) is 0 Å². The number of oxime groups is 1. The molecule has 4 aliphatic rings. The van der Waals surface area contributed by atoms with Gasteiger partial charge in [0.15, 0.2) is 11.6 Å². The maximum Gasteiger partial charge on any atom is 0.249 e. The molecule has 3 fully saturated rings. The van der Waals surface area contributed by atoms with Crippen LogP contribution in [-0.4, -0.2) is 60.9 Å². The average Bonchev–Trinajstić information content (AvgIpc) is 3.21. The van der Waals surface area contributed by atoms with Crippen molar-refractivity contribution in [1.82, 2.24) is 0 Å². The third-order valence-electron chi connectivity index (χ3n) is 5.81. The summed E-state index contributed by atoms with van der Waals surface area (Å²) in [7, 11) is 0. The van der Waals surface area contributed by atoms with Gasteiger partial charge in [-0.1, -0.05) is 35.5 Å². The van der Waals surface area contributed by atoms with E-state index in [-0.39, 0.29) is 12.7 Å². The van der Waals surface area contributed by atoms with Gasteiger partial charge < -0.3 is 33.3 Å². The predicted octanol–water partition coefficient (Wildman–Crippen LogP) is 3.11. The number of fused-ring (bicyclic) bond motifs is 1. The lowest BCUT2D eigenvalue weighted by Gasteiger charge is -2.44. The first kappa shape index (κ1) is 21.1. The van der Waals surface area contributed by atoms with Gasteiger partial charge >= 0.3 is 0 Å². The molecular formula is C23H29NO7. The van der Waals surface area contributed by atoms with Crippen molar-refractivity contribution >= 4 is 5.71 Å². The Morgan fingerprint density at radius 3 is 2.45 bits per heavy atom. The molecule has 4 aliphatic heterocycles. The molecule has 0 aromatic heterocycles. The number of allylic oxidation sites excluding steroid dienone is 1. The number of benzene rings is 1. The van der Waals surface area contributed by atoms with Crippen molar-refractivity contribution < 1.29 is 33.3 Å². The largest absolute Gasteiger partial charge is 0.358 e. The Hall–Kier alpha value is -1.81. The Balaban J connectivity index is 1.40.